The molecule has 1 fully saturated rings. The van der Waals surface area contributed by atoms with Crippen molar-refractivity contribution in [1.82, 2.24) is 9.97 Å². The fourth-order valence-corrected chi connectivity index (χ4v) is 2.80. The molecule has 1 atom stereocenters. The molecule has 0 bridgehead atoms. The van der Waals surface area contributed by atoms with Crippen molar-refractivity contribution in [3.8, 4) is 0 Å². The van der Waals surface area contributed by atoms with E-state index < -0.39 is 0 Å². The van der Waals surface area contributed by atoms with E-state index in [4.69, 9.17) is 17.3 Å². The number of primary amides is 1. The van der Waals surface area contributed by atoms with Gasteiger partial charge in [-0.15, -0.1) is 0 Å². The maximum absolute atomic E-state index is 11.6. The van der Waals surface area contributed by atoms with Gasteiger partial charge in [-0.05, 0) is 25.7 Å². The maximum Gasteiger partial charge on any atom is 0.240 e. The highest BCUT2D eigenvalue weighted by atomic mass is 35.5. The Labute approximate surface area is 118 Å². The van der Waals surface area contributed by atoms with E-state index >= 15 is 0 Å². The molecule has 0 aliphatic carbocycles. The van der Waals surface area contributed by atoms with Crippen LogP contribution in [0.2, 0.25) is 5.15 Å². The molecule has 0 saturated carbocycles. The molecule has 1 aromatic heterocycles. The number of hydrogen-bond acceptors (Lipinski definition) is 4. The molecule has 2 N–H and O–H groups in total. The number of aromatic nitrogens is 2. The van der Waals surface area contributed by atoms with Crippen LogP contribution in [0.1, 0.15) is 38.2 Å². The Bertz CT molecular complexity index is 466. The molecule has 1 amide bonds. The lowest BCUT2D eigenvalue weighted by Crippen LogP contribution is -2.48. The van der Waals surface area contributed by atoms with Crippen LogP contribution in [0.25, 0.3) is 0 Å². The first-order valence-electron chi connectivity index (χ1n) is 6.70. The van der Waals surface area contributed by atoms with E-state index in [1.165, 1.54) is 6.33 Å². The summed E-state index contributed by atoms with van der Waals surface area (Å²) < 4.78 is 0. The molecule has 2 rings (SSSR count). The molecule has 1 unspecified atom stereocenters. The van der Waals surface area contributed by atoms with Gasteiger partial charge in [0.25, 0.3) is 0 Å². The van der Waals surface area contributed by atoms with Crippen molar-refractivity contribution in [3.05, 3.63) is 17.0 Å². The first kappa shape index (κ1) is 14.1. The van der Waals surface area contributed by atoms with Gasteiger partial charge in [-0.25, -0.2) is 9.97 Å². The Balaban J connectivity index is 2.38. The highest BCUT2D eigenvalue weighted by Gasteiger charge is 2.29. The van der Waals surface area contributed by atoms with Crippen LogP contribution in [0.15, 0.2) is 6.33 Å². The second-order valence-corrected chi connectivity index (χ2v) is 5.18. The molecule has 1 aromatic rings. The number of nitrogens with zero attached hydrogens (tertiary/aromatic N) is 3. The topological polar surface area (TPSA) is 72.1 Å². The summed E-state index contributed by atoms with van der Waals surface area (Å²) in [5.74, 6) is 0.474. The van der Waals surface area contributed by atoms with Gasteiger partial charge in [-0.3, -0.25) is 4.79 Å². The number of carbonyl (C=O) groups excluding carboxylic acids is 1. The molecule has 0 radical (unpaired) electrons. The third-order valence-electron chi connectivity index (χ3n) is 3.47. The predicted octanol–water partition coefficient (Wildman–Crippen LogP) is 1.93. The second-order valence-electron chi connectivity index (χ2n) is 4.82. The average molecular weight is 283 g/mol. The van der Waals surface area contributed by atoms with E-state index in [9.17, 15) is 4.79 Å². The summed E-state index contributed by atoms with van der Waals surface area (Å²) in [7, 11) is 0. The summed E-state index contributed by atoms with van der Waals surface area (Å²) >= 11 is 6.16. The van der Waals surface area contributed by atoms with Crippen molar-refractivity contribution in [3.63, 3.8) is 0 Å². The summed E-state index contributed by atoms with van der Waals surface area (Å²) in [6, 6.07) is -0.282. The zero-order valence-corrected chi connectivity index (χ0v) is 11.9. The number of piperidine rings is 1. The molecular weight excluding hydrogens is 264 g/mol. The van der Waals surface area contributed by atoms with Gasteiger partial charge in [0, 0.05) is 12.1 Å². The van der Waals surface area contributed by atoms with Gasteiger partial charge in [0.15, 0.2) is 0 Å². The maximum atomic E-state index is 11.6. The van der Waals surface area contributed by atoms with Gasteiger partial charge < -0.3 is 10.6 Å². The van der Waals surface area contributed by atoms with Crippen LogP contribution in [-0.4, -0.2) is 28.5 Å². The minimum Gasteiger partial charge on any atom is -0.368 e. The Morgan fingerprint density at radius 1 is 1.53 bits per heavy atom. The fourth-order valence-electron chi connectivity index (χ4n) is 2.58. The number of amides is 1. The van der Waals surface area contributed by atoms with Crippen LogP contribution >= 0.6 is 11.6 Å². The third-order valence-corrected chi connectivity index (χ3v) is 3.80. The van der Waals surface area contributed by atoms with Crippen molar-refractivity contribution in [1.29, 1.82) is 0 Å². The molecule has 5 nitrogen and oxygen atoms in total. The van der Waals surface area contributed by atoms with Crippen molar-refractivity contribution < 1.29 is 4.79 Å². The highest BCUT2D eigenvalue weighted by Crippen LogP contribution is 2.29. The molecule has 104 valence electrons. The molecule has 1 saturated heterocycles. The van der Waals surface area contributed by atoms with Crippen molar-refractivity contribution >= 4 is 23.3 Å². The number of carbonyl (C=O) groups is 1. The molecule has 1 aliphatic heterocycles. The SMILES string of the molecule is CCCc1c(Cl)ncnc1N1CCCCC1C(N)=O. The summed E-state index contributed by atoms with van der Waals surface area (Å²) in [5, 5.41) is 0.473. The quantitative estimate of drug-likeness (QED) is 0.857. The van der Waals surface area contributed by atoms with E-state index in [1.54, 1.807) is 0 Å². The standard InChI is InChI=1S/C13H19ClN4O/c1-2-5-9-11(14)16-8-17-13(9)18-7-4-3-6-10(18)12(15)19/h8,10H,2-7H2,1H3,(H2,15,19). The molecule has 0 spiro atoms. The van der Waals surface area contributed by atoms with Crippen LogP contribution in [0, 0.1) is 0 Å². The number of anilines is 1. The summed E-state index contributed by atoms with van der Waals surface area (Å²) in [6.07, 6.45) is 6.04. The Kier molecular flexibility index (Phi) is 4.58. The van der Waals surface area contributed by atoms with Crippen LogP contribution in [0.3, 0.4) is 0 Å². The zero-order chi connectivity index (χ0) is 13.8. The smallest absolute Gasteiger partial charge is 0.240 e. The summed E-state index contributed by atoms with van der Waals surface area (Å²) in [5.41, 5.74) is 6.42. The van der Waals surface area contributed by atoms with E-state index in [2.05, 4.69) is 16.9 Å². The predicted molar refractivity (Wildman–Crippen MR) is 75.2 cm³/mol. The lowest BCUT2D eigenvalue weighted by atomic mass is 10.0. The number of halogens is 1. The highest BCUT2D eigenvalue weighted by molar-refractivity contribution is 6.30. The third kappa shape index (κ3) is 2.97. The zero-order valence-electron chi connectivity index (χ0n) is 11.1. The normalized spacial score (nSPS) is 19.5. The first-order valence-corrected chi connectivity index (χ1v) is 7.08. The van der Waals surface area contributed by atoms with Crippen molar-refractivity contribution in [2.24, 2.45) is 5.73 Å². The van der Waals surface area contributed by atoms with E-state index in [-0.39, 0.29) is 11.9 Å². The molecular formula is C13H19ClN4O. The van der Waals surface area contributed by atoms with E-state index in [1.807, 2.05) is 4.90 Å². The molecule has 0 aromatic carbocycles. The van der Waals surface area contributed by atoms with Gasteiger partial charge in [0.1, 0.15) is 23.3 Å². The Morgan fingerprint density at radius 2 is 2.32 bits per heavy atom. The van der Waals surface area contributed by atoms with E-state index in [0.29, 0.717) is 5.15 Å². The minimum atomic E-state index is -0.295. The lowest BCUT2D eigenvalue weighted by Gasteiger charge is -2.35. The Hall–Kier alpha value is -1.36. The van der Waals surface area contributed by atoms with Gasteiger partial charge in [-0.1, -0.05) is 24.9 Å². The summed E-state index contributed by atoms with van der Waals surface area (Å²) in [4.78, 5) is 22.0. The summed E-state index contributed by atoms with van der Waals surface area (Å²) in [6.45, 7) is 2.87. The number of hydrogen-bond donors (Lipinski definition) is 1. The largest absolute Gasteiger partial charge is 0.368 e. The van der Waals surface area contributed by atoms with Gasteiger partial charge in [0.2, 0.25) is 5.91 Å². The molecule has 2 heterocycles. The molecule has 1 aliphatic rings. The number of rotatable bonds is 4. The number of nitrogens with two attached hydrogens (primary N) is 1. The van der Waals surface area contributed by atoms with Crippen molar-refractivity contribution in [2.75, 3.05) is 11.4 Å². The van der Waals surface area contributed by atoms with Gasteiger partial charge in [0.05, 0.1) is 0 Å². The van der Waals surface area contributed by atoms with Crippen LogP contribution in [-0.2, 0) is 11.2 Å². The minimum absolute atomic E-state index is 0.282. The van der Waals surface area contributed by atoms with Crippen LogP contribution in [0.5, 0.6) is 0 Å². The van der Waals surface area contributed by atoms with E-state index in [0.717, 1.165) is 50.0 Å². The molecule has 6 heteroatoms. The fraction of sp³-hybridized carbons (Fsp3) is 0.615. The average Bonchev–Trinajstić information content (AvgIpc) is 2.41. The second kappa shape index (κ2) is 6.19. The van der Waals surface area contributed by atoms with Crippen LogP contribution in [0.4, 0.5) is 5.82 Å². The van der Waals surface area contributed by atoms with Gasteiger partial charge >= 0.3 is 0 Å². The molecule has 19 heavy (non-hydrogen) atoms. The van der Waals surface area contributed by atoms with Crippen molar-refractivity contribution in [2.45, 2.75) is 45.1 Å². The monoisotopic (exact) mass is 282 g/mol. The first-order chi connectivity index (χ1) is 9.15. The Morgan fingerprint density at radius 3 is 3.00 bits per heavy atom. The lowest BCUT2D eigenvalue weighted by molar-refractivity contribution is -0.119. The van der Waals surface area contributed by atoms with Gasteiger partial charge in [-0.2, -0.15) is 0 Å². The van der Waals surface area contributed by atoms with Crippen LogP contribution < -0.4 is 10.6 Å².